The average Bonchev–Trinajstić information content (AvgIpc) is 2.68. The van der Waals surface area contributed by atoms with E-state index in [0.29, 0.717) is 5.56 Å². The average molecular weight is 232 g/mol. The Bertz CT molecular complexity index is 588. The monoisotopic (exact) mass is 232 g/mol. The summed E-state index contributed by atoms with van der Waals surface area (Å²) in [5.41, 5.74) is 8.48. The highest BCUT2D eigenvalue weighted by Gasteiger charge is 2.13. The number of rotatable bonds is 3. The van der Waals surface area contributed by atoms with Gasteiger partial charge < -0.3 is 10.3 Å². The molecule has 2 rings (SSSR count). The van der Waals surface area contributed by atoms with Crippen LogP contribution in [0.25, 0.3) is 10.9 Å². The molecule has 0 aliphatic heterocycles. The molecular weight excluding hydrogens is 220 g/mol. The van der Waals surface area contributed by atoms with Gasteiger partial charge in [0.1, 0.15) is 6.54 Å². The molecule has 0 atom stereocenters. The van der Waals surface area contributed by atoms with Crippen molar-refractivity contribution in [2.45, 2.75) is 6.54 Å². The fourth-order valence-electron chi connectivity index (χ4n) is 1.77. The Kier molecular flexibility index (Phi) is 2.80. The molecule has 0 unspecified atom stereocenters. The van der Waals surface area contributed by atoms with Crippen LogP contribution in [0.2, 0.25) is 0 Å². The fourth-order valence-corrected chi connectivity index (χ4v) is 1.77. The summed E-state index contributed by atoms with van der Waals surface area (Å²) >= 11 is 0. The molecule has 1 heterocycles. The zero-order valence-electron chi connectivity index (χ0n) is 9.01. The molecule has 2 amide bonds. The molecule has 0 saturated heterocycles. The molecule has 0 radical (unpaired) electrons. The Labute approximate surface area is 97.1 Å². The lowest BCUT2D eigenvalue weighted by atomic mass is 10.2. The molecule has 0 aliphatic carbocycles. The zero-order valence-corrected chi connectivity index (χ0v) is 9.01. The van der Waals surface area contributed by atoms with Crippen LogP contribution in [0.4, 0.5) is 0 Å². The number of primary amides is 1. The number of nitrogens with one attached hydrogen (secondary N) is 1. The molecule has 1 aromatic carbocycles. The van der Waals surface area contributed by atoms with Crippen LogP contribution in [-0.4, -0.2) is 16.4 Å². The van der Waals surface area contributed by atoms with E-state index in [0.717, 1.165) is 10.9 Å². The largest absolute Gasteiger partial charge is 0.366 e. The van der Waals surface area contributed by atoms with E-state index in [-0.39, 0.29) is 12.5 Å². The van der Waals surface area contributed by atoms with Gasteiger partial charge in [-0.25, -0.2) is 5.84 Å². The fraction of sp³-hybridized carbons (Fsp3) is 0.0909. The number of benzene rings is 1. The summed E-state index contributed by atoms with van der Waals surface area (Å²) in [6, 6.07) is 7.23. The smallest absolute Gasteiger partial charge is 0.253 e. The van der Waals surface area contributed by atoms with Crippen LogP contribution >= 0.6 is 0 Å². The van der Waals surface area contributed by atoms with E-state index in [1.165, 1.54) is 0 Å². The first-order valence-electron chi connectivity index (χ1n) is 5.00. The second kappa shape index (κ2) is 4.26. The van der Waals surface area contributed by atoms with Crippen LogP contribution in [0, 0.1) is 0 Å². The van der Waals surface area contributed by atoms with E-state index in [9.17, 15) is 9.59 Å². The Morgan fingerprint density at radius 2 is 2.00 bits per heavy atom. The third-order valence-electron chi connectivity index (χ3n) is 2.53. The molecule has 0 bridgehead atoms. The molecule has 6 heteroatoms. The Balaban J connectivity index is 2.56. The molecule has 2 aromatic rings. The lowest BCUT2D eigenvalue weighted by Crippen LogP contribution is -2.33. The van der Waals surface area contributed by atoms with Gasteiger partial charge >= 0.3 is 0 Å². The van der Waals surface area contributed by atoms with Gasteiger partial charge in [-0.1, -0.05) is 18.2 Å². The highest BCUT2D eigenvalue weighted by molar-refractivity contribution is 6.06. The lowest BCUT2D eigenvalue weighted by Gasteiger charge is -2.02. The molecule has 6 nitrogen and oxygen atoms in total. The number of hydrogen-bond acceptors (Lipinski definition) is 3. The number of nitrogens with two attached hydrogens (primary N) is 2. The van der Waals surface area contributed by atoms with Crippen molar-refractivity contribution >= 4 is 22.7 Å². The molecule has 17 heavy (non-hydrogen) atoms. The molecule has 0 spiro atoms. The molecule has 5 N–H and O–H groups in total. The summed E-state index contributed by atoms with van der Waals surface area (Å²) in [6.45, 7) is 0.0459. The van der Waals surface area contributed by atoms with Crippen LogP contribution in [0.3, 0.4) is 0 Å². The molecule has 1 aromatic heterocycles. The summed E-state index contributed by atoms with van der Waals surface area (Å²) in [5.74, 6) is 4.16. The molecule has 0 saturated carbocycles. The summed E-state index contributed by atoms with van der Waals surface area (Å²) < 4.78 is 1.64. The van der Waals surface area contributed by atoms with Gasteiger partial charge in [0.2, 0.25) is 0 Å². The molecular formula is C11H12N4O2. The number of aromatic nitrogens is 1. The van der Waals surface area contributed by atoms with Crippen molar-refractivity contribution in [1.29, 1.82) is 0 Å². The number of hydrogen-bond donors (Lipinski definition) is 3. The number of amides is 2. The number of carbonyl (C=O) groups excluding carboxylic acids is 2. The second-order valence-electron chi connectivity index (χ2n) is 3.62. The van der Waals surface area contributed by atoms with Crippen LogP contribution < -0.4 is 17.0 Å². The normalized spacial score (nSPS) is 10.4. The quantitative estimate of drug-likeness (QED) is 0.385. The predicted octanol–water partition coefficient (Wildman–Crippen LogP) is -0.270. The van der Waals surface area contributed by atoms with E-state index in [4.69, 9.17) is 11.6 Å². The summed E-state index contributed by atoms with van der Waals surface area (Å²) in [7, 11) is 0. The minimum absolute atomic E-state index is 0.0459. The van der Waals surface area contributed by atoms with Gasteiger partial charge in [0.15, 0.2) is 0 Å². The molecule has 0 aliphatic rings. The van der Waals surface area contributed by atoms with Crippen LogP contribution in [0.15, 0.2) is 30.5 Å². The van der Waals surface area contributed by atoms with Crippen molar-refractivity contribution < 1.29 is 9.59 Å². The lowest BCUT2D eigenvalue weighted by molar-refractivity contribution is -0.121. The van der Waals surface area contributed by atoms with E-state index < -0.39 is 5.91 Å². The first kappa shape index (κ1) is 11.2. The first-order valence-corrected chi connectivity index (χ1v) is 5.00. The van der Waals surface area contributed by atoms with Gasteiger partial charge in [0.05, 0.1) is 5.56 Å². The number of para-hydroxylation sites is 1. The number of hydrazine groups is 1. The first-order chi connectivity index (χ1) is 8.13. The third kappa shape index (κ3) is 1.98. The van der Waals surface area contributed by atoms with Crippen molar-refractivity contribution in [1.82, 2.24) is 9.99 Å². The molecule has 0 fully saturated rings. The van der Waals surface area contributed by atoms with Gasteiger partial charge in [-0.2, -0.15) is 0 Å². The van der Waals surface area contributed by atoms with Crippen molar-refractivity contribution in [3.63, 3.8) is 0 Å². The minimum atomic E-state index is -0.520. The highest BCUT2D eigenvalue weighted by atomic mass is 16.2. The number of nitrogens with zero attached hydrogens (tertiary/aromatic N) is 1. The summed E-state index contributed by atoms with van der Waals surface area (Å²) in [4.78, 5) is 22.5. The van der Waals surface area contributed by atoms with Crippen molar-refractivity contribution in [3.8, 4) is 0 Å². The maximum Gasteiger partial charge on any atom is 0.253 e. The van der Waals surface area contributed by atoms with Gasteiger partial charge in [-0.05, 0) is 6.07 Å². The van der Waals surface area contributed by atoms with Crippen molar-refractivity contribution in [2.24, 2.45) is 11.6 Å². The topological polar surface area (TPSA) is 103 Å². The number of carbonyl (C=O) groups is 2. The van der Waals surface area contributed by atoms with E-state index >= 15 is 0 Å². The Morgan fingerprint density at radius 3 is 2.65 bits per heavy atom. The maximum absolute atomic E-state index is 11.3. The number of fused-ring (bicyclic) bond motifs is 1. The van der Waals surface area contributed by atoms with Crippen molar-refractivity contribution in [2.75, 3.05) is 0 Å². The van der Waals surface area contributed by atoms with E-state index in [2.05, 4.69) is 0 Å². The van der Waals surface area contributed by atoms with E-state index in [1.807, 2.05) is 23.6 Å². The highest BCUT2D eigenvalue weighted by Crippen LogP contribution is 2.20. The maximum atomic E-state index is 11.3. The van der Waals surface area contributed by atoms with Gasteiger partial charge in [-0.15, -0.1) is 0 Å². The van der Waals surface area contributed by atoms with Crippen molar-refractivity contribution in [3.05, 3.63) is 36.0 Å². The van der Waals surface area contributed by atoms with Gasteiger partial charge in [0.25, 0.3) is 11.8 Å². The summed E-state index contributed by atoms with van der Waals surface area (Å²) in [5, 5.41) is 0.727. The third-order valence-corrected chi connectivity index (χ3v) is 2.53. The second-order valence-corrected chi connectivity index (χ2v) is 3.62. The summed E-state index contributed by atoms with van der Waals surface area (Å²) in [6.07, 6.45) is 1.56. The minimum Gasteiger partial charge on any atom is -0.366 e. The van der Waals surface area contributed by atoms with Crippen LogP contribution in [0.1, 0.15) is 10.4 Å². The molecule has 88 valence electrons. The van der Waals surface area contributed by atoms with Crippen LogP contribution in [-0.2, 0) is 11.3 Å². The predicted molar refractivity (Wildman–Crippen MR) is 62.8 cm³/mol. The SMILES string of the molecule is NNC(=O)Cn1cc(C(N)=O)c2ccccc21. The Morgan fingerprint density at radius 1 is 1.29 bits per heavy atom. The van der Waals surface area contributed by atoms with Gasteiger partial charge in [0, 0.05) is 17.1 Å². The van der Waals surface area contributed by atoms with Gasteiger partial charge in [-0.3, -0.25) is 15.0 Å². The standard InChI is InChI=1S/C11H12N4O2/c12-11(17)8-5-15(6-10(16)14-13)9-4-2-1-3-7(8)9/h1-5H,6,13H2,(H2,12,17)(H,14,16). The Hall–Kier alpha value is -2.34. The van der Waals surface area contributed by atoms with Crippen LogP contribution in [0.5, 0.6) is 0 Å². The zero-order chi connectivity index (χ0) is 12.4. The van der Waals surface area contributed by atoms with E-state index in [1.54, 1.807) is 16.8 Å².